The van der Waals surface area contributed by atoms with Gasteiger partial charge in [-0.2, -0.15) is 5.26 Å². The number of nitriles is 1. The van der Waals surface area contributed by atoms with Crippen LogP contribution in [0.3, 0.4) is 0 Å². The Hall–Kier alpha value is -1.58. The molecule has 0 saturated carbocycles. The Morgan fingerprint density at radius 1 is 1.43 bits per heavy atom. The molecule has 3 heteroatoms. The third kappa shape index (κ3) is 2.01. The summed E-state index contributed by atoms with van der Waals surface area (Å²) in [6.45, 7) is 6.63. The molecular weight excluding hydrogens is 188 g/mol. The van der Waals surface area contributed by atoms with Gasteiger partial charge in [0.05, 0.1) is 13.6 Å². The van der Waals surface area contributed by atoms with E-state index in [1.54, 1.807) is 6.20 Å². The van der Waals surface area contributed by atoms with Crippen LogP contribution >= 0.6 is 0 Å². The van der Waals surface area contributed by atoms with Crippen LogP contribution < -0.4 is 5.19 Å². The van der Waals surface area contributed by atoms with Crippen LogP contribution in [-0.4, -0.2) is 13.1 Å². The zero-order valence-electron chi connectivity index (χ0n) is 8.63. The summed E-state index contributed by atoms with van der Waals surface area (Å²) in [4.78, 5) is 4.11. The number of hydrogen-bond donors (Lipinski definition) is 0. The van der Waals surface area contributed by atoms with Crippen LogP contribution in [0.25, 0.3) is 0 Å². The van der Waals surface area contributed by atoms with Crippen LogP contribution in [0, 0.1) is 23.7 Å². The zero-order chi connectivity index (χ0) is 10.8. The molecule has 0 aromatic carbocycles. The molecule has 0 aliphatic rings. The largest absolute Gasteiger partial charge is 0.247 e. The van der Waals surface area contributed by atoms with E-state index in [9.17, 15) is 0 Å². The van der Waals surface area contributed by atoms with Crippen molar-refractivity contribution in [2.24, 2.45) is 0 Å². The second-order valence-corrected chi connectivity index (χ2v) is 9.20. The number of aromatic nitrogens is 1. The summed E-state index contributed by atoms with van der Waals surface area (Å²) >= 11 is 0. The van der Waals surface area contributed by atoms with Crippen molar-refractivity contribution in [1.82, 2.24) is 4.98 Å². The minimum absolute atomic E-state index is 0.439. The lowest BCUT2D eigenvalue weighted by Gasteiger charge is -2.16. The lowest BCUT2D eigenvalue weighted by atomic mass is 10.2. The summed E-state index contributed by atoms with van der Waals surface area (Å²) in [7, 11) is -1.40. The summed E-state index contributed by atoms with van der Waals surface area (Å²) in [5.74, 6) is 2.41. The van der Waals surface area contributed by atoms with Gasteiger partial charge in [-0.05, 0) is 17.2 Å². The second kappa shape index (κ2) is 3.65. The van der Waals surface area contributed by atoms with E-state index in [1.165, 1.54) is 0 Å². The molecule has 0 unspecified atom stereocenters. The SMILES string of the molecule is C#Cc1ncc([Si](C)(C)C)cc1C#N. The maximum atomic E-state index is 8.87. The highest BCUT2D eigenvalue weighted by Crippen LogP contribution is 2.06. The zero-order valence-corrected chi connectivity index (χ0v) is 9.63. The fourth-order valence-electron chi connectivity index (χ4n) is 1.08. The number of pyridine rings is 1. The van der Waals surface area contributed by atoms with Crippen LogP contribution in [0.1, 0.15) is 11.3 Å². The first-order chi connectivity index (χ1) is 6.49. The summed E-state index contributed by atoms with van der Waals surface area (Å²) in [5.41, 5.74) is 0.946. The molecule has 0 atom stereocenters. The fraction of sp³-hybridized carbons (Fsp3) is 0.273. The van der Waals surface area contributed by atoms with Gasteiger partial charge in [-0.1, -0.05) is 19.6 Å². The lowest BCUT2D eigenvalue weighted by molar-refractivity contribution is 1.27. The Labute approximate surface area is 85.6 Å². The molecule has 1 rings (SSSR count). The molecule has 0 fully saturated rings. The van der Waals surface area contributed by atoms with Gasteiger partial charge in [0.2, 0.25) is 0 Å². The highest BCUT2D eigenvalue weighted by atomic mass is 28.3. The van der Waals surface area contributed by atoms with Crippen molar-refractivity contribution in [3.8, 4) is 18.4 Å². The Balaban J connectivity index is 3.32. The van der Waals surface area contributed by atoms with Crippen molar-refractivity contribution in [1.29, 1.82) is 5.26 Å². The van der Waals surface area contributed by atoms with Gasteiger partial charge in [0.15, 0.2) is 0 Å². The topological polar surface area (TPSA) is 36.7 Å². The van der Waals surface area contributed by atoms with Crippen molar-refractivity contribution in [3.05, 3.63) is 23.5 Å². The van der Waals surface area contributed by atoms with E-state index < -0.39 is 8.07 Å². The van der Waals surface area contributed by atoms with E-state index in [1.807, 2.05) is 6.07 Å². The van der Waals surface area contributed by atoms with E-state index in [4.69, 9.17) is 11.7 Å². The summed E-state index contributed by atoms with van der Waals surface area (Å²) in [5, 5.41) is 10.0. The first-order valence-electron chi connectivity index (χ1n) is 4.36. The van der Waals surface area contributed by atoms with E-state index in [-0.39, 0.29) is 0 Å². The standard InChI is InChI=1S/C11H12N2Si/c1-5-11-9(7-12)6-10(8-13-11)14(2,3)4/h1,6,8H,2-4H3. The average Bonchev–Trinajstić information content (AvgIpc) is 2.15. The van der Waals surface area contributed by atoms with E-state index in [2.05, 4.69) is 36.6 Å². The van der Waals surface area contributed by atoms with Crippen LogP contribution in [0.2, 0.25) is 19.6 Å². The number of nitrogens with zero attached hydrogens (tertiary/aromatic N) is 2. The van der Waals surface area contributed by atoms with Crippen molar-refractivity contribution in [2.45, 2.75) is 19.6 Å². The first kappa shape index (κ1) is 10.5. The Morgan fingerprint density at radius 3 is 2.50 bits per heavy atom. The van der Waals surface area contributed by atoms with Crippen molar-refractivity contribution < 1.29 is 0 Å². The quantitative estimate of drug-likeness (QED) is 0.508. The predicted molar refractivity (Wildman–Crippen MR) is 59.9 cm³/mol. The molecule has 1 aromatic heterocycles. The monoisotopic (exact) mass is 200 g/mol. The number of terminal acetylenes is 1. The summed E-state index contributed by atoms with van der Waals surface area (Å²) in [6, 6.07) is 3.95. The van der Waals surface area contributed by atoms with Crippen molar-refractivity contribution in [2.75, 3.05) is 0 Å². The minimum atomic E-state index is -1.40. The highest BCUT2D eigenvalue weighted by Gasteiger charge is 2.18. The molecule has 0 saturated heterocycles. The normalized spacial score (nSPS) is 10.4. The molecule has 70 valence electrons. The Bertz CT molecular complexity index is 430. The molecule has 2 nitrogen and oxygen atoms in total. The number of rotatable bonds is 1. The minimum Gasteiger partial charge on any atom is -0.247 e. The third-order valence-electron chi connectivity index (χ3n) is 2.01. The van der Waals surface area contributed by atoms with Crippen LogP contribution in [-0.2, 0) is 0 Å². The molecule has 0 aliphatic heterocycles. The van der Waals surface area contributed by atoms with Gasteiger partial charge in [-0.25, -0.2) is 4.98 Å². The van der Waals surface area contributed by atoms with E-state index in [0.717, 1.165) is 5.19 Å². The fourth-order valence-corrected chi connectivity index (χ4v) is 2.10. The van der Waals surface area contributed by atoms with Gasteiger partial charge < -0.3 is 0 Å². The highest BCUT2D eigenvalue weighted by molar-refractivity contribution is 6.88. The third-order valence-corrected chi connectivity index (χ3v) is 4.02. The van der Waals surface area contributed by atoms with Gasteiger partial charge in [-0.3, -0.25) is 0 Å². The molecule has 1 aromatic rings. The summed E-state index contributed by atoms with van der Waals surface area (Å²) < 4.78 is 0. The van der Waals surface area contributed by atoms with Gasteiger partial charge in [-0.15, -0.1) is 6.42 Å². The van der Waals surface area contributed by atoms with Gasteiger partial charge in [0.25, 0.3) is 0 Å². The van der Waals surface area contributed by atoms with Crippen molar-refractivity contribution >= 4 is 13.3 Å². The maximum absolute atomic E-state index is 8.87. The van der Waals surface area contributed by atoms with Crippen molar-refractivity contribution in [3.63, 3.8) is 0 Å². The van der Waals surface area contributed by atoms with Gasteiger partial charge in [0.1, 0.15) is 11.8 Å². The molecule has 14 heavy (non-hydrogen) atoms. The molecule has 0 amide bonds. The van der Waals surface area contributed by atoms with Gasteiger partial charge >= 0.3 is 0 Å². The molecule has 0 bridgehead atoms. The smallest absolute Gasteiger partial charge is 0.130 e. The Kier molecular flexibility index (Phi) is 2.74. The molecule has 0 spiro atoms. The Morgan fingerprint density at radius 2 is 2.07 bits per heavy atom. The molecule has 0 radical (unpaired) electrons. The predicted octanol–water partition coefficient (Wildman–Crippen LogP) is 1.48. The van der Waals surface area contributed by atoms with E-state index >= 15 is 0 Å². The second-order valence-electron chi connectivity index (χ2n) is 4.13. The maximum Gasteiger partial charge on any atom is 0.130 e. The number of hydrogen-bond acceptors (Lipinski definition) is 2. The van der Waals surface area contributed by atoms with Gasteiger partial charge in [0, 0.05) is 6.20 Å². The van der Waals surface area contributed by atoms with E-state index in [0.29, 0.717) is 11.3 Å². The molecule has 0 N–H and O–H groups in total. The lowest BCUT2D eigenvalue weighted by Crippen LogP contribution is -2.38. The van der Waals surface area contributed by atoms with Crippen LogP contribution in [0.5, 0.6) is 0 Å². The molecule has 1 heterocycles. The first-order valence-corrected chi connectivity index (χ1v) is 7.86. The van der Waals surface area contributed by atoms with Crippen LogP contribution in [0.4, 0.5) is 0 Å². The molecule has 0 aliphatic carbocycles. The molecular formula is C11H12N2Si. The average molecular weight is 200 g/mol. The van der Waals surface area contributed by atoms with Crippen LogP contribution in [0.15, 0.2) is 12.3 Å². The summed E-state index contributed by atoms with van der Waals surface area (Å²) in [6.07, 6.45) is 7.03.